The zero-order chi connectivity index (χ0) is 38.0. The van der Waals surface area contributed by atoms with Crippen molar-refractivity contribution in [2.75, 3.05) is 93.1 Å². The fourth-order valence-electron chi connectivity index (χ4n) is 6.49. The molecular weight excluding hydrogens is 654 g/mol. The highest BCUT2D eigenvalue weighted by Crippen LogP contribution is 2.14. The van der Waals surface area contributed by atoms with Crippen LogP contribution in [0.1, 0.15) is 174 Å². The third-order valence-corrected chi connectivity index (χ3v) is 9.98. The average molecular weight is 742 g/mol. The maximum atomic E-state index is 13.4. The molecule has 0 unspecified atom stereocenters. The van der Waals surface area contributed by atoms with E-state index in [9.17, 15) is 9.59 Å². The van der Waals surface area contributed by atoms with Gasteiger partial charge in [0.2, 0.25) is 11.8 Å². The van der Waals surface area contributed by atoms with E-state index in [1.165, 1.54) is 141 Å². The van der Waals surface area contributed by atoms with Gasteiger partial charge in [-0.2, -0.15) is 0 Å². The number of amides is 2. The zero-order valence-electron chi connectivity index (χ0n) is 35.0. The van der Waals surface area contributed by atoms with E-state index in [0.717, 1.165) is 25.9 Å². The van der Waals surface area contributed by atoms with Crippen LogP contribution >= 0.6 is 0 Å². The molecule has 0 saturated carbocycles. The quantitative estimate of drug-likeness (QED) is 0.0623. The Bertz CT molecular complexity index is 702. The van der Waals surface area contributed by atoms with E-state index < -0.39 is 0 Å². The van der Waals surface area contributed by atoms with Crippen molar-refractivity contribution in [3.8, 4) is 0 Å². The highest BCUT2D eigenvalue weighted by atomic mass is 16.5. The van der Waals surface area contributed by atoms with Gasteiger partial charge < -0.3 is 29.2 Å². The number of ether oxygens (including phenoxy) is 4. The summed E-state index contributed by atoms with van der Waals surface area (Å²) >= 11 is 0. The molecule has 0 heterocycles. The van der Waals surface area contributed by atoms with Gasteiger partial charge in [0, 0.05) is 53.4 Å². The molecule has 0 bridgehead atoms. The molecule has 0 rings (SSSR count). The van der Waals surface area contributed by atoms with E-state index >= 15 is 0 Å². The number of methoxy groups -OCH3 is 2. The van der Waals surface area contributed by atoms with Gasteiger partial charge in [0.15, 0.2) is 0 Å². The summed E-state index contributed by atoms with van der Waals surface area (Å²) in [4.78, 5) is 30.4. The van der Waals surface area contributed by atoms with Crippen LogP contribution < -0.4 is 5.32 Å². The molecule has 310 valence electrons. The molecule has 9 nitrogen and oxygen atoms in total. The normalized spacial score (nSPS) is 11.5. The predicted octanol–water partition coefficient (Wildman–Crippen LogP) is 9.35. The molecule has 0 aliphatic heterocycles. The molecular formula is C43H87N3O6. The summed E-state index contributed by atoms with van der Waals surface area (Å²) in [6.07, 6.45) is 31.7. The van der Waals surface area contributed by atoms with Crippen LogP contribution in [0.4, 0.5) is 0 Å². The zero-order valence-corrected chi connectivity index (χ0v) is 35.0. The molecule has 0 atom stereocenters. The lowest BCUT2D eigenvalue weighted by Crippen LogP contribution is -2.42. The van der Waals surface area contributed by atoms with E-state index in [-0.39, 0.29) is 18.4 Å². The minimum atomic E-state index is -0.0883. The lowest BCUT2D eigenvalue weighted by Gasteiger charge is -2.24. The third kappa shape index (κ3) is 37.1. The van der Waals surface area contributed by atoms with E-state index in [4.69, 9.17) is 18.9 Å². The fraction of sp³-hybridized carbons (Fsp3) is 0.953. The Kier molecular flexibility index (Phi) is 41.5. The molecule has 52 heavy (non-hydrogen) atoms. The monoisotopic (exact) mass is 742 g/mol. The van der Waals surface area contributed by atoms with Crippen molar-refractivity contribution >= 4 is 11.8 Å². The van der Waals surface area contributed by atoms with Crippen LogP contribution in [-0.4, -0.2) is 115 Å². The van der Waals surface area contributed by atoms with Gasteiger partial charge in [0.05, 0.1) is 46.2 Å². The van der Waals surface area contributed by atoms with Gasteiger partial charge in [-0.1, -0.05) is 155 Å². The van der Waals surface area contributed by atoms with Crippen molar-refractivity contribution in [1.82, 2.24) is 15.1 Å². The average Bonchev–Trinajstić information content (AvgIpc) is 3.15. The summed E-state index contributed by atoms with van der Waals surface area (Å²) < 4.78 is 21.4. The molecule has 0 aromatic heterocycles. The molecule has 1 N–H and O–H groups in total. The van der Waals surface area contributed by atoms with Crippen LogP contribution in [-0.2, 0) is 28.5 Å². The van der Waals surface area contributed by atoms with Gasteiger partial charge in [0.25, 0.3) is 0 Å². The number of carbonyl (C=O) groups is 2. The Labute approximate surface area is 322 Å². The smallest absolute Gasteiger partial charge is 0.241 e. The number of hydrogen-bond donors (Lipinski definition) is 1. The Hall–Kier alpha value is -1.26. The number of nitrogens with one attached hydrogen (secondary N) is 1. The molecule has 0 spiro atoms. The standard InChI is InChI=1S/C43H87N3O6/c1-5-7-9-11-13-15-17-19-21-23-25-27-30-46(31-28-26-24-22-20-18-16-14-12-10-8-6-2)43(48)41-44-42(47)29-32-45(33-35-51-39-37-49-3)34-36-52-40-38-50-4/h5-41H2,1-4H3,(H,44,47). The van der Waals surface area contributed by atoms with Gasteiger partial charge in [-0.15, -0.1) is 0 Å². The van der Waals surface area contributed by atoms with Gasteiger partial charge >= 0.3 is 0 Å². The number of unbranched alkanes of at least 4 members (excludes halogenated alkanes) is 22. The molecule has 2 amide bonds. The van der Waals surface area contributed by atoms with E-state index in [1.807, 2.05) is 4.90 Å². The molecule has 0 aliphatic rings. The summed E-state index contributed by atoms with van der Waals surface area (Å²) in [7, 11) is 3.32. The molecule has 0 aliphatic carbocycles. The Morgan fingerprint density at radius 1 is 0.442 bits per heavy atom. The number of rotatable bonds is 43. The summed E-state index contributed by atoms with van der Waals surface area (Å²) in [5, 5.41) is 2.93. The highest BCUT2D eigenvalue weighted by molar-refractivity contribution is 5.84. The van der Waals surface area contributed by atoms with Crippen molar-refractivity contribution in [3.63, 3.8) is 0 Å². The summed E-state index contributed by atoms with van der Waals surface area (Å²) in [6.45, 7) is 11.6. The lowest BCUT2D eigenvalue weighted by atomic mass is 10.0. The van der Waals surface area contributed by atoms with Crippen molar-refractivity contribution in [2.24, 2.45) is 0 Å². The van der Waals surface area contributed by atoms with E-state index in [0.29, 0.717) is 65.7 Å². The lowest BCUT2D eigenvalue weighted by molar-refractivity contribution is -0.133. The second-order valence-corrected chi connectivity index (χ2v) is 14.7. The molecule has 0 radical (unpaired) electrons. The largest absolute Gasteiger partial charge is 0.382 e. The SMILES string of the molecule is CCCCCCCCCCCCCCN(CCCCCCCCCCCCCC)C(=O)CNC(=O)CCN(CCOCCOC)CCOCCOC. The summed E-state index contributed by atoms with van der Waals surface area (Å²) in [5.41, 5.74) is 0. The van der Waals surface area contributed by atoms with Gasteiger partial charge in [-0.3, -0.25) is 14.5 Å². The maximum absolute atomic E-state index is 13.4. The van der Waals surface area contributed by atoms with Gasteiger partial charge in [-0.05, 0) is 12.8 Å². The molecule has 0 aromatic carbocycles. The van der Waals surface area contributed by atoms with Crippen LogP contribution in [0.15, 0.2) is 0 Å². The minimum Gasteiger partial charge on any atom is -0.382 e. The number of hydrogen-bond acceptors (Lipinski definition) is 7. The Balaban J connectivity index is 4.61. The van der Waals surface area contributed by atoms with Crippen LogP contribution in [0.5, 0.6) is 0 Å². The van der Waals surface area contributed by atoms with Crippen molar-refractivity contribution in [2.45, 2.75) is 174 Å². The molecule has 9 heteroatoms. The molecule has 0 fully saturated rings. The predicted molar refractivity (Wildman–Crippen MR) is 218 cm³/mol. The third-order valence-electron chi connectivity index (χ3n) is 9.98. The van der Waals surface area contributed by atoms with Crippen LogP contribution in [0, 0.1) is 0 Å². The van der Waals surface area contributed by atoms with Crippen LogP contribution in [0.25, 0.3) is 0 Å². The first kappa shape index (κ1) is 50.7. The first-order valence-electron chi connectivity index (χ1n) is 22.0. The Morgan fingerprint density at radius 3 is 1.17 bits per heavy atom. The summed E-state index contributed by atoms with van der Waals surface area (Å²) in [6, 6.07) is 0. The Morgan fingerprint density at radius 2 is 0.808 bits per heavy atom. The summed E-state index contributed by atoms with van der Waals surface area (Å²) in [5.74, 6) is -0.0379. The molecule has 0 saturated heterocycles. The van der Waals surface area contributed by atoms with Crippen molar-refractivity contribution in [3.05, 3.63) is 0 Å². The second-order valence-electron chi connectivity index (χ2n) is 14.7. The highest BCUT2D eigenvalue weighted by Gasteiger charge is 2.15. The van der Waals surface area contributed by atoms with Crippen molar-refractivity contribution < 1.29 is 28.5 Å². The minimum absolute atomic E-state index is 0.0504. The van der Waals surface area contributed by atoms with Gasteiger partial charge in [-0.25, -0.2) is 0 Å². The topological polar surface area (TPSA) is 89.6 Å². The van der Waals surface area contributed by atoms with Crippen LogP contribution in [0.2, 0.25) is 0 Å². The van der Waals surface area contributed by atoms with E-state index in [1.54, 1.807) is 14.2 Å². The fourth-order valence-corrected chi connectivity index (χ4v) is 6.49. The molecule has 0 aromatic rings. The maximum Gasteiger partial charge on any atom is 0.241 e. The van der Waals surface area contributed by atoms with Gasteiger partial charge in [0.1, 0.15) is 0 Å². The second kappa shape index (κ2) is 42.5. The first-order chi connectivity index (χ1) is 25.6. The van der Waals surface area contributed by atoms with E-state index in [2.05, 4.69) is 24.1 Å². The van der Waals surface area contributed by atoms with Crippen LogP contribution in [0.3, 0.4) is 0 Å². The number of nitrogens with zero attached hydrogens (tertiary/aromatic N) is 2. The first-order valence-corrected chi connectivity index (χ1v) is 22.0. The number of carbonyl (C=O) groups excluding carboxylic acids is 2. The van der Waals surface area contributed by atoms with Crippen molar-refractivity contribution in [1.29, 1.82) is 0 Å².